The van der Waals surface area contributed by atoms with E-state index in [2.05, 4.69) is 20.6 Å². The third-order valence-electron chi connectivity index (χ3n) is 2.88. The number of hydrogen-bond acceptors (Lipinski definition) is 4. The molecule has 19 heavy (non-hydrogen) atoms. The number of fused-ring (bicyclic) bond motifs is 1. The number of hydrogen-bond donors (Lipinski definition) is 1. The van der Waals surface area contributed by atoms with Crippen molar-refractivity contribution in [3.05, 3.63) is 30.1 Å². The molecule has 0 fully saturated rings. The minimum absolute atomic E-state index is 0.0717. The van der Waals surface area contributed by atoms with Gasteiger partial charge in [-0.25, -0.2) is 0 Å². The molecule has 0 aromatic carbocycles. The van der Waals surface area contributed by atoms with Crippen molar-refractivity contribution in [1.82, 2.24) is 19.8 Å². The van der Waals surface area contributed by atoms with Crippen LogP contribution >= 0.6 is 0 Å². The van der Waals surface area contributed by atoms with Crippen molar-refractivity contribution >= 4 is 11.5 Å². The number of nitrogens with zero attached hydrogens (tertiary/aromatic N) is 4. The monoisotopic (exact) mass is 269 g/mol. The molecule has 8 heteroatoms. The van der Waals surface area contributed by atoms with Crippen LogP contribution in [0.25, 0.3) is 5.65 Å². The Bertz CT molecular complexity index is 623. The van der Waals surface area contributed by atoms with Crippen LogP contribution in [0.2, 0.25) is 0 Å². The molecular weight excluding hydrogens is 259 g/mol. The summed E-state index contributed by atoms with van der Waals surface area (Å²) in [5.74, 6) is -0.734. The first-order valence-corrected chi connectivity index (χ1v) is 5.75. The predicted octanol–water partition coefficient (Wildman–Crippen LogP) is 2.27. The van der Waals surface area contributed by atoms with E-state index in [9.17, 15) is 13.2 Å². The molecule has 0 radical (unpaired) electrons. The topological polar surface area (TPSA) is 55.1 Å². The molecule has 1 aliphatic carbocycles. The summed E-state index contributed by atoms with van der Waals surface area (Å²) in [7, 11) is 0. The SMILES string of the molecule is FC(F)(F)c1nnc2ccc(NC3CC=CC3)nn12. The Morgan fingerprint density at radius 1 is 1.16 bits per heavy atom. The zero-order chi connectivity index (χ0) is 13.5. The van der Waals surface area contributed by atoms with Crippen LogP contribution in [0.3, 0.4) is 0 Å². The van der Waals surface area contributed by atoms with Gasteiger partial charge in [-0.15, -0.1) is 15.3 Å². The van der Waals surface area contributed by atoms with Crippen molar-refractivity contribution in [3.63, 3.8) is 0 Å². The van der Waals surface area contributed by atoms with Gasteiger partial charge < -0.3 is 5.32 Å². The summed E-state index contributed by atoms with van der Waals surface area (Å²) in [6.45, 7) is 0. The molecule has 0 unspecified atom stereocenters. The van der Waals surface area contributed by atoms with Gasteiger partial charge in [-0.2, -0.15) is 17.7 Å². The highest BCUT2D eigenvalue weighted by Gasteiger charge is 2.37. The summed E-state index contributed by atoms with van der Waals surface area (Å²) in [5.41, 5.74) is 0.0717. The van der Waals surface area contributed by atoms with Gasteiger partial charge in [0.05, 0.1) is 0 Å². The Morgan fingerprint density at radius 2 is 1.89 bits per heavy atom. The predicted molar refractivity (Wildman–Crippen MR) is 61.6 cm³/mol. The first kappa shape index (κ1) is 11.9. The molecular formula is C11H10F3N5. The van der Waals surface area contributed by atoms with Crippen molar-refractivity contribution in [1.29, 1.82) is 0 Å². The highest BCUT2D eigenvalue weighted by Crippen LogP contribution is 2.27. The molecule has 0 spiro atoms. The van der Waals surface area contributed by atoms with Gasteiger partial charge in [-0.05, 0) is 25.0 Å². The second-order valence-electron chi connectivity index (χ2n) is 4.29. The van der Waals surface area contributed by atoms with E-state index in [4.69, 9.17) is 0 Å². The quantitative estimate of drug-likeness (QED) is 0.850. The highest BCUT2D eigenvalue weighted by molar-refractivity contribution is 5.45. The normalized spacial score (nSPS) is 16.4. The van der Waals surface area contributed by atoms with Crippen molar-refractivity contribution in [3.8, 4) is 0 Å². The fourth-order valence-corrected chi connectivity index (χ4v) is 1.99. The van der Waals surface area contributed by atoms with Gasteiger partial charge in [0.25, 0.3) is 5.82 Å². The summed E-state index contributed by atoms with van der Waals surface area (Å²) in [4.78, 5) is 0. The summed E-state index contributed by atoms with van der Waals surface area (Å²) < 4.78 is 38.8. The Balaban J connectivity index is 1.94. The van der Waals surface area contributed by atoms with Crippen LogP contribution in [-0.2, 0) is 6.18 Å². The van der Waals surface area contributed by atoms with Crippen molar-refractivity contribution in [2.75, 3.05) is 5.32 Å². The van der Waals surface area contributed by atoms with E-state index in [0.717, 1.165) is 12.8 Å². The van der Waals surface area contributed by atoms with Gasteiger partial charge in [0.2, 0.25) is 0 Å². The van der Waals surface area contributed by atoms with E-state index in [1.807, 2.05) is 12.2 Å². The average Bonchev–Trinajstić information content (AvgIpc) is 2.95. The maximum Gasteiger partial charge on any atom is 0.453 e. The standard InChI is InChI=1S/C11H10F3N5/c12-11(13,14)10-17-16-9-6-5-8(18-19(9)10)15-7-3-1-2-4-7/h1-2,5-7H,3-4H2,(H,15,18). The maximum atomic E-state index is 12.7. The van der Waals surface area contributed by atoms with E-state index in [1.54, 1.807) is 6.07 Å². The van der Waals surface area contributed by atoms with Gasteiger partial charge >= 0.3 is 6.18 Å². The number of anilines is 1. The first-order chi connectivity index (χ1) is 9.04. The smallest absolute Gasteiger partial charge is 0.365 e. The van der Waals surface area contributed by atoms with Gasteiger partial charge in [0.1, 0.15) is 5.82 Å². The van der Waals surface area contributed by atoms with Crippen LogP contribution in [-0.4, -0.2) is 25.9 Å². The zero-order valence-corrected chi connectivity index (χ0v) is 9.72. The fourth-order valence-electron chi connectivity index (χ4n) is 1.99. The Labute approximate surface area is 106 Å². The van der Waals surface area contributed by atoms with Crippen LogP contribution in [0.4, 0.5) is 19.0 Å². The molecule has 0 aliphatic heterocycles. The minimum Gasteiger partial charge on any atom is -0.365 e. The number of alkyl halides is 3. The van der Waals surface area contributed by atoms with E-state index < -0.39 is 12.0 Å². The third kappa shape index (κ3) is 2.25. The molecule has 0 saturated heterocycles. The number of aromatic nitrogens is 4. The molecule has 0 bridgehead atoms. The lowest BCUT2D eigenvalue weighted by Crippen LogP contribution is -2.18. The Kier molecular flexibility index (Phi) is 2.65. The van der Waals surface area contributed by atoms with Gasteiger partial charge in [0, 0.05) is 6.04 Å². The lowest BCUT2D eigenvalue weighted by atomic mass is 10.2. The van der Waals surface area contributed by atoms with Gasteiger partial charge in [0.15, 0.2) is 5.65 Å². The van der Waals surface area contributed by atoms with Crippen LogP contribution in [0.1, 0.15) is 18.7 Å². The highest BCUT2D eigenvalue weighted by atomic mass is 19.4. The van der Waals surface area contributed by atoms with E-state index >= 15 is 0 Å². The van der Waals surface area contributed by atoms with E-state index in [-0.39, 0.29) is 11.7 Å². The van der Waals surface area contributed by atoms with Gasteiger partial charge in [-0.3, -0.25) is 0 Å². The molecule has 2 aromatic heterocycles. The van der Waals surface area contributed by atoms with Crippen LogP contribution < -0.4 is 5.32 Å². The van der Waals surface area contributed by atoms with Gasteiger partial charge in [-0.1, -0.05) is 12.2 Å². The van der Waals surface area contributed by atoms with Crippen LogP contribution in [0.5, 0.6) is 0 Å². The second-order valence-corrected chi connectivity index (χ2v) is 4.29. The first-order valence-electron chi connectivity index (χ1n) is 5.75. The van der Waals surface area contributed by atoms with Crippen molar-refractivity contribution in [2.45, 2.75) is 25.1 Å². The summed E-state index contributed by atoms with van der Waals surface area (Å²) in [5, 5.41) is 13.6. The molecule has 2 aromatic rings. The van der Waals surface area contributed by atoms with Crippen molar-refractivity contribution < 1.29 is 13.2 Å². The molecule has 0 saturated carbocycles. The largest absolute Gasteiger partial charge is 0.453 e. The van der Waals surface area contributed by atoms with E-state index in [1.165, 1.54) is 6.07 Å². The summed E-state index contributed by atoms with van der Waals surface area (Å²) >= 11 is 0. The van der Waals surface area contributed by atoms with Crippen LogP contribution in [0, 0.1) is 0 Å². The van der Waals surface area contributed by atoms with Crippen molar-refractivity contribution in [2.24, 2.45) is 0 Å². The maximum absolute atomic E-state index is 12.7. The molecule has 2 heterocycles. The molecule has 1 aliphatic rings. The Morgan fingerprint density at radius 3 is 2.58 bits per heavy atom. The minimum atomic E-state index is -4.57. The molecule has 100 valence electrons. The summed E-state index contributed by atoms with van der Waals surface area (Å²) in [6.07, 6.45) is 1.16. The fraction of sp³-hybridized carbons (Fsp3) is 0.364. The lowest BCUT2D eigenvalue weighted by molar-refractivity contribution is -0.146. The van der Waals surface area contributed by atoms with Crippen LogP contribution in [0.15, 0.2) is 24.3 Å². The Hall–Kier alpha value is -2.12. The average molecular weight is 269 g/mol. The third-order valence-corrected chi connectivity index (χ3v) is 2.88. The number of halogens is 3. The molecule has 0 amide bonds. The molecule has 0 atom stereocenters. The van der Waals surface area contributed by atoms with E-state index in [0.29, 0.717) is 10.3 Å². The number of nitrogens with one attached hydrogen (secondary N) is 1. The zero-order valence-electron chi connectivity index (χ0n) is 9.72. The molecule has 3 rings (SSSR count). The number of rotatable bonds is 2. The second kappa shape index (κ2) is 4.22. The molecule has 1 N–H and O–H groups in total. The summed E-state index contributed by atoms with van der Waals surface area (Å²) in [6, 6.07) is 3.23. The molecule has 5 nitrogen and oxygen atoms in total. The lowest BCUT2D eigenvalue weighted by Gasteiger charge is -2.12.